The Morgan fingerprint density at radius 2 is 2.14 bits per heavy atom. The fraction of sp³-hybridized carbons (Fsp3) is 0.0769. The first-order chi connectivity index (χ1) is 9.88. The van der Waals surface area contributed by atoms with Gasteiger partial charge in [-0.05, 0) is 30.7 Å². The Kier molecular flexibility index (Phi) is 4.54. The molecule has 0 spiro atoms. The number of nitrogens with zero attached hydrogens (tertiary/aromatic N) is 2. The summed E-state index contributed by atoms with van der Waals surface area (Å²) >= 11 is 9.00. The molecule has 0 fully saturated rings. The van der Waals surface area contributed by atoms with Crippen molar-refractivity contribution in [1.82, 2.24) is 4.98 Å². The van der Waals surface area contributed by atoms with Crippen molar-refractivity contribution in [2.24, 2.45) is 0 Å². The second-order valence-corrected chi connectivity index (χ2v) is 5.50. The highest BCUT2D eigenvalue weighted by Gasteiger charge is 2.22. The summed E-state index contributed by atoms with van der Waals surface area (Å²) in [5, 5.41) is 13.6. The standard InChI is InChI=1S/C13H9BrClN3O3/c1-7-2-3-8(14)4-10(7)17-13(19)9-5-12(15)16-6-11(9)18(20)21/h2-6H,1H3,(H,17,19). The molecule has 0 bridgehead atoms. The maximum atomic E-state index is 12.2. The zero-order chi connectivity index (χ0) is 15.6. The number of carbonyl (C=O) groups excluding carboxylic acids is 1. The average molecular weight is 371 g/mol. The maximum absolute atomic E-state index is 12.2. The van der Waals surface area contributed by atoms with Gasteiger partial charge in [-0.25, -0.2) is 4.98 Å². The zero-order valence-electron chi connectivity index (χ0n) is 10.8. The summed E-state index contributed by atoms with van der Waals surface area (Å²) < 4.78 is 0.783. The predicted octanol–water partition coefficient (Wildman–Crippen LogP) is 3.97. The van der Waals surface area contributed by atoms with Crippen molar-refractivity contribution in [2.75, 3.05) is 5.32 Å². The number of aryl methyl sites for hydroxylation is 1. The van der Waals surface area contributed by atoms with Crippen LogP contribution in [0.1, 0.15) is 15.9 Å². The van der Waals surface area contributed by atoms with Crippen LogP contribution < -0.4 is 5.32 Å². The van der Waals surface area contributed by atoms with E-state index in [0.717, 1.165) is 16.2 Å². The van der Waals surface area contributed by atoms with Crippen LogP contribution in [0.4, 0.5) is 11.4 Å². The number of nitro groups is 1. The van der Waals surface area contributed by atoms with Crippen molar-refractivity contribution in [3.05, 3.63) is 61.3 Å². The lowest BCUT2D eigenvalue weighted by Crippen LogP contribution is -2.15. The average Bonchev–Trinajstić information content (AvgIpc) is 2.42. The molecule has 1 aromatic heterocycles. The Hall–Kier alpha value is -1.99. The molecule has 1 aromatic carbocycles. The summed E-state index contributed by atoms with van der Waals surface area (Å²) in [5.41, 5.74) is 0.842. The molecule has 0 aliphatic heterocycles. The second-order valence-electron chi connectivity index (χ2n) is 4.19. The third kappa shape index (κ3) is 3.56. The van der Waals surface area contributed by atoms with Gasteiger partial charge in [-0.1, -0.05) is 33.6 Å². The number of hydrogen-bond acceptors (Lipinski definition) is 4. The van der Waals surface area contributed by atoms with Gasteiger partial charge >= 0.3 is 0 Å². The molecule has 1 heterocycles. The first-order valence-corrected chi connectivity index (χ1v) is 6.93. The molecule has 0 atom stereocenters. The van der Waals surface area contributed by atoms with Crippen LogP contribution in [-0.4, -0.2) is 15.8 Å². The van der Waals surface area contributed by atoms with E-state index in [0.29, 0.717) is 5.69 Å². The number of carbonyl (C=O) groups is 1. The van der Waals surface area contributed by atoms with Gasteiger partial charge in [-0.3, -0.25) is 14.9 Å². The van der Waals surface area contributed by atoms with Crippen LogP contribution in [0.15, 0.2) is 34.9 Å². The lowest BCUT2D eigenvalue weighted by atomic mass is 10.1. The molecular formula is C13H9BrClN3O3. The molecule has 0 unspecified atom stereocenters. The third-order valence-corrected chi connectivity index (χ3v) is 3.44. The number of aromatic nitrogens is 1. The number of pyridine rings is 1. The molecule has 0 aliphatic rings. The van der Waals surface area contributed by atoms with E-state index in [-0.39, 0.29) is 10.7 Å². The lowest BCUT2D eigenvalue weighted by molar-refractivity contribution is -0.385. The highest BCUT2D eigenvalue weighted by Crippen LogP contribution is 2.24. The Morgan fingerprint density at radius 3 is 2.81 bits per heavy atom. The van der Waals surface area contributed by atoms with Gasteiger partial charge in [0.2, 0.25) is 0 Å². The van der Waals surface area contributed by atoms with E-state index in [1.807, 2.05) is 19.1 Å². The summed E-state index contributed by atoms with van der Waals surface area (Å²) in [6.45, 7) is 1.82. The van der Waals surface area contributed by atoms with Crippen LogP contribution in [0.5, 0.6) is 0 Å². The monoisotopic (exact) mass is 369 g/mol. The Bertz CT molecular complexity index is 737. The normalized spacial score (nSPS) is 10.2. The third-order valence-electron chi connectivity index (χ3n) is 2.74. The highest BCUT2D eigenvalue weighted by atomic mass is 79.9. The van der Waals surface area contributed by atoms with Crippen molar-refractivity contribution in [2.45, 2.75) is 6.92 Å². The number of halogens is 2. The van der Waals surface area contributed by atoms with E-state index in [2.05, 4.69) is 26.2 Å². The van der Waals surface area contributed by atoms with Crippen molar-refractivity contribution < 1.29 is 9.72 Å². The molecule has 0 saturated heterocycles. The van der Waals surface area contributed by atoms with Crippen molar-refractivity contribution in [3.63, 3.8) is 0 Å². The molecule has 0 aliphatic carbocycles. The summed E-state index contributed by atoms with van der Waals surface area (Å²) in [6, 6.07) is 6.52. The van der Waals surface area contributed by atoms with E-state index < -0.39 is 16.5 Å². The van der Waals surface area contributed by atoms with E-state index in [1.54, 1.807) is 6.07 Å². The minimum Gasteiger partial charge on any atom is -0.321 e. The van der Waals surface area contributed by atoms with Gasteiger partial charge in [0, 0.05) is 10.2 Å². The van der Waals surface area contributed by atoms with Gasteiger partial charge in [0.05, 0.1) is 4.92 Å². The number of nitrogens with one attached hydrogen (secondary N) is 1. The lowest BCUT2D eigenvalue weighted by Gasteiger charge is -2.09. The molecule has 2 rings (SSSR count). The van der Waals surface area contributed by atoms with E-state index in [1.165, 1.54) is 6.07 Å². The molecule has 0 radical (unpaired) electrons. The number of amides is 1. The van der Waals surface area contributed by atoms with Gasteiger partial charge in [0.15, 0.2) is 0 Å². The van der Waals surface area contributed by atoms with Gasteiger partial charge in [0.1, 0.15) is 16.9 Å². The molecule has 1 N–H and O–H groups in total. The van der Waals surface area contributed by atoms with E-state index in [9.17, 15) is 14.9 Å². The molecule has 2 aromatic rings. The Labute approximate surface area is 133 Å². The van der Waals surface area contributed by atoms with Crippen LogP contribution in [-0.2, 0) is 0 Å². The van der Waals surface area contributed by atoms with Crippen LogP contribution in [0.3, 0.4) is 0 Å². The minimum absolute atomic E-state index is 0.0108. The van der Waals surface area contributed by atoms with Crippen LogP contribution >= 0.6 is 27.5 Å². The van der Waals surface area contributed by atoms with Crippen LogP contribution in [0, 0.1) is 17.0 Å². The topological polar surface area (TPSA) is 85.1 Å². The van der Waals surface area contributed by atoms with E-state index >= 15 is 0 Å². The number of anilines is 1. The predicted molar refractivity (Wildman–Crippen MR) is 82.7 cm³/mol. The van der Waals surface area contributed by atoms with Gasteiger partial charge in [-0.2, -0.15) is 0 Å². The molecule has 8 heteroatoms. The largest absolute Gasteiger partial charge is 0.321 e. The van der Waals surface area contributed by atoms with Crippen molar-refractivity contribution in [1.29, 1.82) is 0 Å². The minimum atomic E-state index is -0.675. The summed E-state index contributed by atoms with van der Waals surface area (Å²) in [4.78, 5) is 26.1. The fourth-order valence-corrected chi connectivity index (χ4v) is 2.19. The van der Waals surface area contributed by atoms with Crippen LogP contribution in [0.25, 0.3) is 0 Å². The number of rotatable bonds is 3. The highest BCUT2D eigenvalue weighted by molar-refractivity contribution is 9.10. The molecular weight excluding hydrogens is 362 g/mol. The molecule has 1 amide bonds. The number of hydrogen-bond donors (Lipinski definition) is 1. The smallest absolute Gasteiger partial charge is 0.300 e. The zero-order valence-corrected chi connectivity index (χ0v) is 13.1. The summed E-state index contributed by atoms with van der Waals surface area (Å²) in [7, 11) is 0. The van der Waals surface area contributed by atoms with Crippen LogP contribution in [0.2, 0.25) is 5.15 Å². The van der Waals surface area contributed by atoms with Gasteiger partial charge < -0.3 is 5.32 Å². The molecule has 0 saturated carbocycles. The second kappa shape index (κ2) is 6.19. The SMILES string of the molecule is Cc1ccc(Br)cc1NC(=O)c1cc(Cl)ncc1[N+](=O)[O-]. The first kappa shape index (κ1) is 15.4. The van der Waals surface area contributed by atoms with E-state index in [4.69, 9.17) is 11.6 Å². The first-order valence-electron chi connectivity index (χ1n) is 5.76. The van der Waals surface area contributed by atoms with Crippen molar-refractivity contribution >= 4 is 44.8 Å². The van der Waals surface area contributed by atoms with Gasteiger partial charge in [-0.15, -0.1) is 0 Å². The van der Waals surface area contributed by atoms with Gasteiger partial charge in [0.25, 0.3) is 11.6 Å². The molecule has 6 nitrogen and oxygen atoms in total. The Morgan fingerprint density at radius 1 is 1.43 bits per heavy atom. The number of benzene rings is 1. The fourth-order valence-electron chi connectivity index (χ4n) is 1.67. The molecule has 21 heavy (non-hydrogen) atoms. The maximum Gasteiger partial charge on any atom is 0.300 e. The van der Waals surface area contributed by atoms with Crippen molar-refractivity contribution in [3.8, 4) is 0 Å². The quantitative estimate of drug-likeness (QED) is 0.503. The Balaban J connectivity index is 2.39. The summed E-state index contributed by atoms with van der Waals surface area (Å²) in [5.74, 6) is -0.618. The summed E-state index contributed by atoms with van der Waals surface area (Å²) in [6.07, 6.45) is 0.963. The molecule has 108 valence electrons.